The van der Waals surface area contributed by atoms with Crippen LogP contribution in [0.4, 0.5) is 5.69 Å². The molecule has 0 radical (unpaired) electrons. The van der Waals surface area contributed by atoms with Crippen LogP contribution in [0.2, 0.25) is 0 Å². The van der Waals surface area contributed by atoms with Crippen molar-refractivity contribution < 1.29 is 9.59 Å². The fourth-order valence-electron chi connectivity index (χ4n) is 1.96. The molecule has 0 heterocycles. The van der Waals surface area contributed by atoms with Gasteiger partial charge in [-0.15, -0.1) is 11.8 Å². The van der Waals surface area contributed by atoms with E-state index in [2.05, 4.69) is 12.2 Å². The summed E-state index contributed by atoms with van der Waals surface area (Å²) in [5.74, 6) is -1.00. The summed E-state index contributed by atoms with van der Waals surface area (Å²) in [7, 11) is 0. The molecule has 0 spiro atoms. The zero-order valence-electron chi connectivity index (χ0n) is 13.0. The van der Waals surface area contributed by atoms with E-state index in [-0.39, 0.29) is 0 Å². The van der Waals surface area contributed by atoms with Crippen LogP contribution in [0.15, 0.2) is 29.2 Å². The molecule has 21 heavy (non-hydrogen) atoms. The van der Waals surface area contributed by atoms with Crippen molar-refractivity contribution in [3.8, 4) is 0 Å². The molecule has 0 aliphatic carbocycles. The fourth-order valence-corrected chi connectivity index (χ4v) is 2.42. The molecule has 1 rings (SSSR count). The van der Waals surface area contributed by atoms with Crippen molar-refractivity contribution in [1.29, 1.82) is 0 Å². The third kappa shape index (κ3) is 5.79. The molecule has 1 aromatic rings. The Balaban J connectivity index is 2.68. The number of hydrogen-bond acceptors (Lipinski definition) is 3. The zero-order chi connectivity index (χ0) is 15.7. The normalized spacial score (nSPS) is 10.2. The second-order valence-electron chi connectivity index (χ2n) is 4.83. The number of thioether (sulfide) groups is 1. The molecule has 0 aromatic heterocycles. The largest absolute Gasteiger partial charge is 0.334 e. The smallest absolute Gasteiger partial charge is 0.313 e. The third-order valence-corrected chi connectivity index (χ3v) is 3.81. The summed E-state index contributed by atoms with van der Waals surface area (Å²) in [4.78, 5) is 27.0. The van der Waals surface area contributed by atoms with Crippen molar-refractivity contribution in [3.05, 3.63) is 24.3 Å². The molecule has 1 N–H and O–H groups in total. The molecule has 1 aromatic carbocycles. The third-order valence-electron chi connectivity index (χ3n) is 3.08. The minimum absolute atomic E-state index is 0.445. The number of carbonyl (C=O) groups is 2. The summed E-state index contributed by atoms with van der Waals surface area (Å²) >= 11 is 1.60. The quantitative estimate of drug-likeness (QED) is 0.620. The first-order chi connectivity index (χ1) is 10.1. The van der Waals surface area contributed by atoms with Crippen molar-refractivity contribution in [2.45, 2.75) is 38.0 Å². The number of amides is 2. The lowest BCUT2D eigenvalue weighted by molar-refractivity contribution is -0.143. The lowest BCUT2D eigenvalue weighted by atomic mass is 10.2. The number of nitrogens with zero attached hydrogens (tertiary/aromatic N) is 1. The van der Waals surface area contributed by atoms with Crippen molar-refractivity contribution >= 4 is 29.3 Å². The van der Waals surface area contributed by atoms with E-state index < -0.39 is 11.8 Å². The highest BCUT2D eigenvalue weighted by molar-refractivity contribution is 7.98. The highest BCUT2D eigenvalue weighted by Gasteiger charge is 2.20. The molecule has 2 amide bonds. The SMILES string of the molecule is CCCCN(CCC)C(=O)C(=O)Nc1cccc(SC)c1. The monoisotopic (exact) mass is 308 g/mol. The first-order valence-corrected chi connectivity index (χ1v) is 8.59. The summed E-state index contributed by atoms with van der Waals surface area (Å²) in [5.41, 5.74) is 0.659. The van der Waals surface area contributed by atoms with Gasteiger partial charge >= 0.3 is 11.8 Å². The van der Waals surface area contributed by atoms with Crippen LogP contribution in [0.1, 0.15) is 33.1 Å². The van der Waals surface area contributed by atoms with E-state index in [1.54, 1.807) is 22.7 Å². The van der Waals surface area contributed by atoms with Crippen molar-refractivity contribution in [2.75, 3.05) is 24.7 Å². The number of carbonyl (C=O) groups excluding carboxylic acids is 2. The van der Waals surface area contributed by atoms with Crippen molar-refractivity contribution in [2.24, 2.45) is 0 Å². The first-order valence-electron chi connectivity index (χ1n) is 7.36. The zero-order valence-corrected chi connectivity index (χ0v) is 13.8. The Bertz CT molecular complexity index is 477. The summed E-state index contributed by atoms with van der Waals surface area (Å²) in [5, 5.41) is 2.69. The molecular formula is C16H24N2O2S. The van der Waals surface area contributed by atoms with Crippen LogP contribution in [-0.4, -0.2) is 36.1 Å². The van der Waals surface area contributed by atoms with Gasteiger partial charge < -0.3 is 10.2 Å². The maximum absolute atomic E-state index is 12.2. The molecule has 116 valence electrons. The van der Waals surface area contributed by atoms with Gasteiger partial charge in [0, 0.05) is 23.7 Å². The average molecular weight is 308 g/mol. The lowest BCUT2D eigenvalue weighted by Gasteiger charge is -2.21. The van der Waals surface area contributed by atoms with E-state index in [0.717, 1.165) is 24.2 Å². The molecule has 0 saturated carbocycles. The molecule has 0 unspecified atom stereocenters. The Hall–Kier alpha value is -1.49. The molecule has 0 saturated heterocycles. The average Bonchev–Trinajstić information content (AvgIpc) is 2.50. The number of unbranched alkanes of at least 4 members (excludes halogenated alkanes) is 1. The summed E-state index contributed by atoms with van der Waals surface area (Å²) in [6, 6.07) is 7.49. The Morgan fingerprint density at radius 1 is 1.19 bits per heavy atom. The molecule has 5 heteroatoms. The Morgan fingerprint density at radius 3 is 2.57 bits per heavy atom. The lowest BCUT2D eigenvalue weighted by Crippen LogP contribution is -2.40. The van der Waals surface area contributed by atoms with E-state index in [4.69, 9.17) is 0 Å². The van der Waals surface area contributed by atoms with Crippen LogP contribution in [0.25, 0.3) is 0 Å². The number of nitrogens with one attached hydrogen (secondary N) is 1. The maximum atomic E-state index is 12.2. The number of hydrogen-bond donors (Lipinski definition) is 1. The van der Waals surface area contributed by atoms with E-state index in [1.165, 1.54) is 0 Å². The highest BCUT2D eigenvalue weighted by atomic mass is 32.2. The Morgan fingerprint density at radius 2 is 1.95 bits per heavy atom. The van der Waals surface area contributed by atoms with Crippen LogP contribution in [0.3, 0.4) is 0 Å². The van der Waals surface area contributed by atoms with Crippen LogP contribution < -0.4 is 5.32 Å². The first kappa shape index (κ1) is 17.6. The van der Waals surface area contributed by atoms with Crippen LogP contribution in [0, 0.1) is 0 Å². The maximum Gasteiger partial charge on any atom is 0.313 e. The van der Waals surface area contributed by atoms with Gasteiger partial charge in [0.2, 0.25) is 0 Å². The van der Waals surface area contributed by atoms with Gasteiger partial charge in [-0.2, -0.15) is 0 Å². The topological polar surface area (TPSA) is 49.4 Å². The van der Waals surface area contributed by atoms with Crippen molar-refractivity contribution in [1.82, 2.24) is 4.90 Å². The van der Waals surface area contributed by atoms with Gasteiger partial charge in [0.1, 0.15) is 0 Å². The molecule has 4 nitrogen and oxygen atoms in total. The van der Waals surface area contributed by atoms with Crippen molar-refractivity contribution in [3.63, 3.8) is 0 Å². The predicted octanol–water partition coefficient (Wildman–Crippen LogP) is 3.39. The van der Waals surface area contributed by atoms with Gasteiger partial charge in [-0.1, -0.05) is 26.3 Å². The molecule has 0 aliphatic rings. The van der Waals surface area contributed by atoms with Gasteiger partial charge in [-0.25, -0.2) is 0 Å². The molecule has 0 aliphatic heterocycles. The molecular weight excluding hydrogens is 284 g/mol. The molecule has 0 bridgehead atoms. The van der Waals surface area contributed by atoms with Gasteiger partial charge in [-0.3, -0.25) is 9.59 Å². The number of benzene rings is 1. The van der Waals surface area contributed by atoms with Crippen LogP contribution >= 0.6 is 11.8 Å². The van der Waals surface area contributed by atoms with Gasteiger partial charge in [0.05, 0.1) is 0 Å². The molecule has 0 fully saturated rings. The summed E-state index contributed by atoms with van der Waals surface area (Å²) in [6.07, 6.45) is 4.75. The number of anilines is 1. The summed E-state index contributed by atoms with van der Waals surface area (Å²) < 4.78 is 0. The highest BCUT2D eigenvalue weighted by Crippen LogP contribution is 2.19. The van der Waals surface area contributed by atoms with E-state index >= 15 is 0 Å². The second kappa shape index (κ2) is 9.45. The second-order valence-corrected chi connectivity index (χ2v) is 5.71. The van der Waals surface area contributed by atoms with Gasteiger partial charge in [0.15, 0.2) is 0 Å². The minimum atomic E-state index is -0.558. The number of rotatable bonds is 7. The Kier molecular flexibility index (Phi) is 7.90. The Labute approximate surface area is 131 Å². The van der Waals surface area contributed by atoms with E-state index in [1.807, 2.05) is 31.4 Å². The van der Waals surface area contributed by atoms with E-state index in [0.29, 0.717) is 18.8 Å². The van der Waals surface area contributed by atoms with Crippen LogP contribution in [0.5, 0.6) is 0 Å². The molecule has 0 atom stereocenters. The van der Waals surface area contributed by atoms with Gasteiger partial charge in [0.25, 0.3) is 0 Å². The predicted molar refractivity (Wildman–Crippen MR) is 88.6 cm³/mol. The van der Waals surface area contributed by atoms with E-state index in [9.17, 15) is 9.59 Å². The minimum Gasteiger partial charge on any atom is -0.334 e. The fraction of sp³-hybridized carbons (Fsp3) is 0.500. The van der Waals surface area contributed by atoms with Crippen LogP contribution in [-0.2, 0) is 9.59 Å². The standard InChI is InChI=1S/C16H24N2O2S/c1-4-6-11-18(10-5-2)16(20)15(19)17-13-8-7-9-14(12-13)21-3/h7-9,12H,4-6,10-11H2,1-3H3,(H,17,19). The van der Waals surface area contributed by atoms with Gasteiger partial charge in [-0.05, 0) is 37.3 Å². The summed E-state index contributed by atoms with van der Waals surface area (Å²) in [6.45, 7) is 5.34.